The molecule has 4 heteroatoms. The fourth-order valence-electron chi connectivity index (χ4n) is 3.10. The van der Waals surface area contributed by atoms with Gasteiger partial charge in [-0.2, -0.15) is 0 Å². The van der Waals surface area contributed by atoms with E-state index in [1.165, 1.54) is 5.56 Å². The molecule has 0 saturated heterocycles. The molecule has 0 aliphatic heterocycles. The molecular weight excluding hydrogens is 296 g/mol. The maximum absolute atomic E-state index is 9.74. The Kier molecular flexibility index (Phi) is 3.17. The van der Waals surface area contributed by atoms with E-state index in [2.05, 4.69) is 16.0 Å². The number of rotatable bonds is 3. The highest BCUT2D eigenvalue weighted by atomic mass is 35.5. The van der Waals surface area contributed by atoms with E-state index in [1.807, 2.05) is 42.6 Å². The van der Waals surface area contributed by atoms with Crippen LogP contribution in [-0.2, 0) is 13.0 Å². The van der Waals surface area contributed by atoms with E-state index in [0.717, 1.165) is 44.5 Å². The van der Waals surface area contributed by atoms with Gasteiger partial charge in [-0.1, -0.05) is 41.9 Å². The number of aromatic amines is 2. The molecule has 0 spiro atoms. The van der Waals surface area contributed by atoms with E-state index < -0.39 is 0 Å². The number of aromatic nitrogens is 2. The maximum Gasteiger partial charge on any atom is 0.0705 e. The molecule has 2 heterocycles. The maximum atomic E-state index is 9.74. The van der Waals surface area contributed by atoms with Crippen molar-refractivity contribution in [3.05, 3.63) is 70.5 Å². The Balaban J connectivity index is 1.84. The smallest absolute Gasteiger partial charge is 0.0705 e. The van der Waals surface area contributed by atoms with Crippen molar-refractivity contribution in [1.29, 1.82) is 0 Å². The quantitative estimate of drug-likeness (QED) is 0.516. The Morgan fingerprint density at radius 3 is 2.68 bits per heavy atom. The van der Waals surface area contributed by atoms with Gasteiger partial charge in [0.15, 0.2) is 0 Å². The van der Waals surface area contributed by atoms with Gasteiger partial charge in [0.1, 0.15) is 0 Å². The van der Waals surface area contributed by atoms with Crippen LogP contribution in [0.25, 0.3) is 21.8 Å². The predicted molar refractivity (Wildman–Crippen MR) is 90.3 cm³/mol. The van der Waals surface area contributed by atoms with Gasteiger partial charge in [0, 0.05) is 40.2 Å². The molecule has 22 heavy (non-hydrogen) atoms. The van der Waals surface area contributed by atoms with Gasteiger partial charge in [0.2, 0.25) is 0 Å². The standard InChI is InChI=1S/C18H15ClN2O/c19-15-6-3-5-12-11(9-20-18(12)15)8-17-14(10-22)13-4-1-2-7-16(13)21-17/h1-7,9,20-22H,8,10H2. The largest absolute Gasteiger partial charge is 0.392 e. The molecule has 0 amide bonds. The van der Waals surface area contributed by atoms with E-state index in [-0.39, 0.29) is 6.61 Å². The highest BCUT2D eigenvalue weighted by Crippen LogP contribution is 2.29. The Bertz CT molecular complexity index is 968. The van der Waals surface area contributed by atoms with Gasteiger partial charge in [-0.05, 0) is 17.7 Å². The third-order valence-corrected chi connectivity index (χ3v) is 4.49. The van der Waals surface area contributed by atoms with Crippen molar-refractivity contribution in [2.75, 3.05) is 0 Å². The SMILES string of the molecule is OCc1c(Cc2c[nH]c3c(Cl)cccc23)[nH]c2ccccc12. The van der Waals surface area contributed by atoms with E-state index >= 15 is 0 Å². The van der Waals surface area contributed by atoms with Gasteiger partial charge in [-0.15, -0.1) is 0 Å². The van der Waals surface area contributed by atoms with Crippen LogP contribution >= 0.6 is 11.6 Å². The molecule has 2 aromatic heterocycles. The first kappa shape index (κ1) is 13.4. The average Bonchev–Trinajstić information content (AvgIpc) is 3.09. The normalized spacial score (nSPS) is 11.5. The first-order valence-electron chi connectivity index (χ1n) is 7.21. The second kappa shape index (κ2) is 5.20. The Labute approximate surface area is 132 Å². The van der Waals surface area contributed by atoms with Crippen LogP contribution < -0.4 is 0 Å². The zero-order chi connectivity index (χ0) is 15.1. The fourth-order valence-corrected chi connectivity index (χ4v) is 3.33. The zero-order valence-corrected chi connectivity index (χ0v) is 12.6. The molecule has 0 aliphatic rings. The molecule has 4 rings (SSSR count). The fraction of sp³-hybridized carbons (Fsp3) is 0.111. The van der Waals surface area contributed by atoms with E-state index in [1.54, 1.807) is 0 Å². The van der Waals surface area contributed by atoms with Gasteiger partial charge in [-0.3, -0.25) is 0 Å². The van der Waals surface area contributed by atoms with Crippen LogP contribution in [-0.4, -0.2) is 15.1 Å². The lowest BCUT2D eigenvalue weighted by Crippen LogP contribution is -1.93. The molecule has 3 N–H and O–H groups in total. The van der Waals surface area contributed by atoms with Gasteiger partial charge in [-0.25, -0.2) is 0 Å². The molecule has 4 aromatic rings. The van der Waals surface area contributed by atoms with Crippen molar-refractivity contribution < 1.29 is 5.11 Å². The number of nitrogens with one attached hydrogen (secondary N) is 2. The highest BCUT2D eigenvalue weighted by molar-refractivity contribution is 6.35. The molecule has 3 nitrogen and oxygen atoms in total. The second-order valence-corrected chi connectivity index (χ2v) is 5.85. The number of halogens is 1. The van der Waals surface area contributed by atoms with Gasteiger partial charge < -0.3 is 15.1 Å². The summed E-state index contributed by atoms with van der Waals surface area (Å²) in [6, 6.07) is 14.0. The van der Waals surface area contributed by atoms with Crippen LogP contribution in [0.4, 0.5) is 0 Å². The number of aliphatic hydroxyl groups excluding tert-OH is 1. The number of para-hydroxylation sites is 2. The zero-order valence-electron chi connectivity index (χ0n) is 11.9. The first-order chi connectivity index (χ1) is 10.8. The minimum atomic E-state index is 0.0302. The number of aliphatic hydroxyl groups is 1. The molecule has 0 aliphatic carbocycles. The number of hydrogen-bond acceptors (Lipinski definition) is 1. The Hall–Kier alpha value is -2.23. The molecule has 0 fully saturated rings. The minimum Gasteiger partial charge on any atom is -0.392 e. The lowest BCUT2D eigenvalue weighted by molar-refractivity contribution is 0.282. The van der Waals surface area contributed by atoms with Crippen LogP contribution in [0.3, 0.4) is 0 Å². The average molecular weight is 311 g/mol. The van der Waals surface area contributed by atoms with Crippen molar-refractivity contribution in [3.8, 4) is 0 Å². The lowest BCUT2D eigenvalue weighted by Gasteiger charge is -2.02. The topological polar surface area (TPSA) is 51.8 Å². The summed E-state index contributed by atoms with van der Waals surface area (Å²) in [6.45, 7) is 0.0302. The number of benzene rings is 2. The summed E-state index contributed by atoms with van der Waals surface area (Å²) in [5, 5.41) is 12.7. The molecule has 0 unspecified atom stereocenters. The summed E-state index contributed by atoms with van der Waals surface area (Å²) in [7, 11) is 0. The third kappa shape index (κ3) is 2.02. The molecule has 0 saturated carbocycles. The van der Waals surface area contributed by atoms with Gasteiger partial charge in [0.05, 0.1) is 17.1 Å². The summed E-state index contributed by atoms with van der Waals surface area (Å²) in [6.07, 6.45) is 2.72. The highest BCUT2D eigenvalue weighted by Gasteiger charge is 2.13. The molecule has 110 valence electrons. The van der Waals surface area contributed by atoms with Crippen molar-refractivity contribution >= 4 is 33.4 Å². The molecule has 2 aromatic carbocycles. The van der Waals surface area contributed by atoms with Crippen molar-refractivity contribution in [2.24, 2.45) is 0 Å². The Morgan fingerprint density at radius 1 is 1.00 bits per heavy atom. The van der Waals surface area contributed by atoms with E-state index in [4.69, 9.17) is 11.6 Å². The van der Waals surface area contributed by atoms with E-state index in [0.29, 0.717) is 0 Å². The molecule has 0 atom stereocenters. The predicted octanol–water partition coefficient (Wildman–Crippen LogP) is 4.39. The summed E-state index contributed by atoms with van der Waals surface area (Å²) in [4.78, 5) is 6.67. The van der Waals surface area contributed by atoms with Crippen LogP contribution in [0.2, 0.25) is 5.02 Å². The number of fused-ring (bicyclic) bond motifs is 2. The second-order valence-electron chi connectivity index (χ2n) is 5.44. The van der Waals surface area contributed by atoms with Crippen molar-refractivity contribution in [2.45, 2.75) is 13.0 Å². The third-order valence-electron chi connectivity index (χ3n) is 4.18. The Morgan fingerprint density at radius 2 is 1.82 bits per heavy atom. The number of hydrogen-bond donors (Lipinski definition) is 3. The summed E-state index contributed by atoms with van der Waals surface area (Å²) < 4.78 is 0. The summed E-state index contributed by atoms with van der Waals surface area (Å²) in [5.74, 6) is 0. The van der Waals surface area contributed by atoms with Crippen LogP contribution in [0.1, 0.15) is 16.8 Å². The summed E-state index contributed by atoms with van der Waals surface area (Å²) >= 11 is 6.22. The van der Waals surface area contributed by atoms with Crippen LogP contribution in [0.5, 0.6) is 0 Å². The van der Waals surface area contributed by atoms with Crippen molar-refractivity contribution in [3.63, 3.8) is 0 Å². The van der Waals surface area contributed by atoms with E-state index in [9.17, 15) is 5.11 Å². The molecular formula is C18H15ClN2O. The van der Waals surface area contributed by atoms with Crippen LogP contribution in [0, 0.1) is 0 Å². The number of H-pyrrole nitrogens is 2. The molecule has 0 radical (unpaired) electrons. The van der Waals surface area contributed by atoms with Crippen molar-refractivity contribution in [1.82, 2.24) is 9.97 Å². The lowest BCUT2D eigenvalue weighted by atomic mass is 10.0. The molecule has 0 bridgehead atoms. The minimum absolute atomic E-state index is 0.0302. The van der Waals surface area contributed by atoms with Gasteiger partial charge >= 0.3 is 0 Å². The monoisotopic (exact) mass is 310 g/mol. The van der Waals surface area contributed by atoms with Crippen LogP contribution in [0.15, 0.2) is 48.7 Å². The first-order valence-corrected chi connectivity index (χ1v) is 7.59. The summed E-state index contributed by atoms with van der Waals surface area (Å²) in [5.41, 5.74) is 5.19. The van der Waals surface area contributed by atoms with Gasteiger partial charge in [0.25, 0.3) is 0 Å².